The van der Waals surface area contributed by atoms with Gasteiger partial charge in [0.15, 0.2) is 0 Å². The third kappa shape index (κ3) is 1.76. The number of nitrogens with zero attached hydrogens (tertiary/aromatic N) is 1. The van der Waals surface area contributed by atoms with Crippen LogP contribution in [0.4, 0.5) is 10.1 Å². The molecule has 0 atom stereocenters. The third-order valence-corrected chi connectivity index (χ3v) is 2.88. The van der Waals surface area contributed by atoms with Crippen LogP contribution in [0.2, 0.25) is 0 Å². The fourth-order valence-electron chi connectivity index (χ4n) is 1.99. The van der Waals surface area contributed by atoms with Crippen molar-refractivity contribution in [3.05, 3.63) is 65.5 Å². The predicted octanol–water partition coefficient (Wildman–Crippen LogP) is 2.45. The number of hydrogen-bond acceptors (Lipinski definition) is 3. The van der Waals surface area contributed by atoms with Gasteiger partial charge in [0.25, 0.3) is 11.8 Å². The Hall–Kier alpha value is -2.69. The van der Waals surface area contributed by atoms with Crippen LogP contribution in [0, 0.1) is 5.82 Å². The molecule has 0 aliphatic carbocycles. The van der Waals surface area contributed by atoms with Crippen molar-refractivity contribution >= 4 is 17.5 Å². The molecule has 0 spiro atoms. The van der Waals surface area contributed by atoms with Crippen molar-refractivity contribution in [2.45, 2.75) is 0 Å². The number of fused-ring (bicyclic) bond motifs is 1. The van der Waals surface area contributed by atoms with Crippen LogP contribution < -0.4 is 5.43 Å². The molecule has 1 heterocycles. The fraction of sp³-hybridized carbons (Fsp3) is 0. The number of nitrogens with one attached hydrogen (secondary N) is 1. The minimum absolute atomic E-state index is 0.0773. The number of benzene rings is 2. The number of para-hydroxylation sites is 1. The summed E-state index contributed by atoms with van der Waals surface area (Å²) < 4.78 is 13.6. The first kappa shape index (κ1) is 11.4. The van der Waals surface area contributed by atoms with Gasteiger partial charge in [-0.3, -0.25) is 15.0 Å². The highest BCUT2D eigenvalue weighted by Gasteiger charge is 2.38. The largest absolute Gasteiger partial charge is 0.288 e. The number of rotatable bonds is 2. The van der Waals surface area contributed by atoms with Gasteiger partial charge in [-0.25, -0.2) is 4.39 Å². The minimum atomic E-state index is -0.687. The second kappa shape index (κ2) is 4.20. The molecule has 0 unspecified atom stereocenters. The average molecular weight is 256 g/mol. The second-order valence-corrected chi connectivity index (χ2v) is 4.09. The first-order chi connectivity index (χ1) is 9.18. The van der Waals surface area contributed by atoms with Crippen LogP contribution in [-0.2, 0) is 0 Å². The van der Waals surface area contributed by atoms with E-state index in [4.69, 9.17) is 0 Å². The van der Waals surface area contributed by atoms with Gasteiger partial charge in [0.1, 0.15) is 5.82 Å². The number of hydrogen-bond donors (Lipinski definition) is 1. The van der Waals surface area contributed by atoms with Crippen LogP contribution in [0.5, 0.6) is 0 Å². The Morgan fingerprint density at radius 3 is 2.32 bits per heavy atom. The van der Waals surface area contributed by atoms with Crippen molar-refractivity contribution in [2.75, 3.05) is 5.43 Å². The zero-order valence-corrected chi connectivity index (χ0v) is 9.76. The normalized spacial score (nSPS) is 13.6. The van der Waals surface area contributed by atoms with Gasteiger partial charge in [0.2, 0.25) is 0 Å². The fourth-order valence-corrected chi connectivity index (χ4v) is 1.99. The lowest BCUT2D eigenvalue weighted by Crippen LogP contribution is -2.35. The van der Waals surface area contributed by atoms with Crippen LogP contribution in [-0.4, -0.2) is 16.8 Å². The molecule has 0 saturated carbocycles. The first-order valence-corrected chi connectivity index (χ1v) is 5.67. The number of carbonyl (C=O) groups is 2. The maximum Gasteiger partial charge on any atom is 0.283 e. The maximum absolute atomic E-state index is 13.6. The summed E-state index contributed by atoms with van der Waals surface area (Å²) in [4.78, 5) is 24.1. The van der Waals surface area contributed by atoms with Crippen molar-refractivity contribution in [1.29, 1.82) is 0 Å². The molecule has 2 amide bonds. The highest BCUT2D eigenvalue weighted by atomic mass is 19.1. The summed E-state index contributed by atoms with van der Waals surface area (Å²) >= 11 is 0. The SMILES string of the molecule is O=C1c2cccc(F)c2C(=O)N1Nc1ccccc1. The van der Waals surface area contributed by atoms with E-state index in [0.29, 0.717) is 5.69 Å². The molecule has 1 aliphatic rings. The molecule has 5 heteroatoms. The molecule has 0 bridgehead atoms. The first-order valence-electron chi connectivity index (χ1n) is 5.67. The van der Waals surface area contributed by atoms with Crippen LogP contribution in [0.25, 0.3) is 0 Å². The van der Waals surface area contributed by atoms with E-state index in [-0.39, 0.29) is 11.1 Å². The summed E-state index contributed by atoms with van der Waals surface area (Å²) in [6, 6.07) is 12.8. The third-order valence-electron chi connectivity index (χ3n) is 2.88. The van der Waals surface area contributed by atoms with Crippen molar-refractivity contribution in [3.63, 3.8) is 0 Å². The van der Waals surface area contributed by atoms with E-state index in [1.54, 1.807) is 24.3 Å². The summed E-state index contributed by atoms with van der Waals surface area (Å²) in [5.41, 5.74) is 3.16. The van der Waals surface area contributed by atoms with Crippen molar-refractivity contribution in [3.8, 4) is 0 Å². The summed E-state index contributed by atoms with van der Waals surface area (Å²) in [7, 11) is 0. The molecule has 2 aromatic carbocycles. The van der Waals surface area contributed by atoms with E-state index in [1.165, 1.54) is 12.1 Å². The van der Waals surface area contributed by atoms with E-state index < -0.39 is 17.6 Å². The molecular weight excluding hydrogens is 247 g/mol. The maximum atomic E-state index is 13.6. The summed E-state index contributed by atoms with van der Waals surface area (Å²) in [6.07, 6.45) is 0. The Kier molecular flexibility index (Phi) is 2.52. The molecule has 1 aliphatic heterocycles. The Morgan fingerprint density at radius 2 is 1.63 bits per heavy atom. The van der Waals surface area contributed by atoms with E-state index in [2.05, 4.69) is 5.43 Å². The Labute approximate surface area is 108 Å². The molecule has 19 heavy (non-hydrogen) atoms. The molecule has 0 aromatic heterocycles. The molecule has 1 N–H and O–H groups in total. The lowest BCUT2D eigenvalue weighted by molar-refractivity contribution is 0.0690. The molecule has 0 saturated heterocycles. The monoisotopic (exact) mass is 256 g/mol. The standard InChI is InChI=1S/C14H9FN2O2/c15-11-8-4-7-10-12(11)14(19)17(13(10)18)16-9-5-2-1-3-6-9/h1-8,16H. The van der Waals surface area contributed by atoms with Crippen LogP contribution in [0.3, 0.4) is 0 Å². The van der Waals surface area contributed by atoms with Gasteiger partial charge in [0, 0.05) is 0 Å². The number of imide groups is 1. The smallest absolute Gasteiger partial charge is 0.283 e. The number of hydrazine groups is 1. The Morgan fingerprint density at radius 1 is 0.895 bits per heavy atom. The second-order valence-electron chi connectivity index (χ2n) is 4.09. The zero-order chi connectivity index (χ0) is 13.4. The minimum Gasteiger partial charge on any atom is -0.288 e. The number of amides is 2. The quantitative estimate of drug-likeness (QED) is 0.839. The number of anilines is 1. The van der Waals surface area contributed by atoms with Gasteiger partial charge in [-0.1, -0.05) is 24.3 Å². The predicted molar refractivity (Wildman–Crippen MR) is 67.0 cm³/mol. The average Bonchev–Trinajstić information content (AvgIpc) is 2.66. The molecule has 94 valence electrons. The zero-order valence-electron chi connectivity index (χ0n) is 9.76. The Bertz CT molecular complexity index is 670. The topological polar surface area (TPSA) is 49.4 Å². The van der Waals surface area contributed by atoms with Crippen LogP contribution in [0.1, 0.15) is 20.7 Å². The van der Waals surface area contributed by atoms with Gasteiger partial charge in [-0.2, -0.15) is 5.01 Å². The van der Waals surface area contributed by atoms with Gasteiger partial charge >= 0.3 is 0 Å². The van der Waals surface area contributed by atoms with E-state index in [9.17, 15) is 14.0 Å². The highest BCUT2D eigenvalue weighted by molar-refractivity contribution is 6.22. The van der Waals surface area contributed by atoms with Gasteiger partial charge in [-0.15, -0.1) is 0 Å². The molecular formula is C14H9FN2O2. The summed E-state index contributed by atoms with van der Waals surface area (Å²) in [5, 5.41) is 0.822. The summed E-state index contributed by atoms with van der Waals surface area (Å²) in [6.45, 7) is 0. The van der Waals surface area contributed by atoms with Gasteiger partial charge < -0.3 is 0 Å². The van der Waals surface area contributed by atoms with Crippen molar-refractivity contribution in [2.24, 2.45) is 0 Å². The lowest BCUT2D eigenvalue weighted by Gasteiger charge is -2.16. The highest BCUT2D eigenvalue weighted by Crippen LogP contribution is 2.25. The van der Waals surface area contributed by atoms with Crippen molar-refractivity contribution < 1.29 is 14.0 Å². The van der Waals surface area contributed by atoms with Gasteiger partial charge in [0.05, 0.1) is 16.8 Å². The molecule has 2 aromatic rings. The van der Waals surface area contributed by atoms with E-state index >= 15 is 0 Å². The van der Waals surface area contributed by atoms with E-state index in [0.717, 1.165) is 11.1 Å². The molecule has 0 fully saturated rings. The number of carbonyl (C=O) groups excluding carboxylic acids is 2. The Balaban J connectivity index is 1.97. The molecule has 3 rings (SSSR count). The molecule has 0 radical (unpaired) electrons. The van der Waals surface area contributed by atoms with Gasteiger partial charge in [-0.05, 0) is 24.3 Å². The van der Waals surface area contributed by atoms with Crippen LogP contribution >= 0.6 is 0 Å². The lowest BCUT2D eigenvalue weighted by atomic mass is 10.1. The van der Waals surface area contributed by atoms with Crippen LogP contribution in [0.15, 0.2) is 48.5 Å². The van der Waals surface area contributed by atoms with Crippen molar-refractivity contribution in [1.82, 2.24) is 5.01 Å². The number of halogens is 1. The summed E-state index contributed by atoms with van der Waals surface area (Å²) in [5.74, 6) is -1.92. The van der Waals surface area contributed by atoms with E-state index in [1.807, 2.05) is 6.07 Å². The molecule has 4 nitrogen and oxygen atoms in total.